The Balaban J connectivity index is 1.70. The maximum Gasteiger partial charge on any atom is 0.247 e. The third-order valence-electron chi connectivity index (χ3n) is 4.48. The smallest absolute Gasteiger partial charge is 0.247 e. The molecule has 9 heteroatoms. The molecular formula is C21H17Cl2N3O3S. The van der Waals surface area contributed by atoms with Crippen molar-refractivity contribution in [2.45, 2.75) is 12.3 Å². The molecule has 3 rings (SSSR count). The molecule has 2 atom stereocenters. The van der Waals surface area contributed by atoms with E-state index in [9.17, 15) is 14.9 Å². The van der Waals surface area contributed by atoms with Gasteiger partial charge in [-0.15, -0.1) is 0 Å². The van der Waals surface area contributed by atoms with E-state index in [1.807, 2.05) is 12.1 Å². The molecule has 1 aliphatic heterocycles. The first-order chi connectivity index (χ1) is 14.4. The quantitative estimate of drug-likeness (QED) is 0.681. The Kier molecular flexibility index (Phi) is 7.38. The van der Waals surface area contributed by atoms with Crippen LogP contribution in [0, 0.1) is 17.2 Å². The number of thioether (sulfide) groups is 1. The van der Waals surface area contributed by atoms with Crippen molar-refractivity contribution in [2.24, 2.45) is 10.9 Å². The summed E-state index contributed by atoms with van der Waals surface area (Å²) in [7, 11) is 1.57. The first-order valence-electron chi connectivity index (χ1n) is 8.93. The molecule has 0 bridgehead atoms. The highest BCUT2D eigenvalue weighted by Crippen LogP contribution is 2.36. The molecule has 0 fully saturated rings. The monoisotopic (exact) mass is 461 g/mol. The lowest BCUT2D eigenvalue weighted by molar-refractivity contribution is -0.118. The van der Waals surface area contributed by atoms with Crippen LogP contribution >= 0.6 is 35.0 Å². The molecule has 2 aromatic rings. The zero-order valence-corrected chi connectivity index (χ0v) is 18.2. The van der Waals surface area contributed by atoms with E-state index in [-0.39, 0.29) is 29.9 Å². The Hall–Kier alpha value is -2.53. The lowest BCUT2D eigenvalue weighted by atomic mass is 9.83. The van der Waals surface area contributed by atoms with Gasteiger partial charge in [-0.2, -0.15) is 5.26 Å². The minimum Gasteiger partial charge on any atom is -0.497 e. The zero-order valence-electron chi connectivity index (χ0n) is 15.9. The van der Waals surface area contributed by atoms with Gasteiger partial charge in [0.05, 0.1) is 24.0 Å². The van der Waals surface area contributed by atoms with Gasteiger partial charge in [0.25, 0.3) is 0 Å². The molecule has 0 saturated heterocycles. The van der Waals surface area contributed by atoms with Crippen molar-refractivity contribution >= 4 is 57.5 Å². The Morgan fingerprint density at radius 1 is 1.27 bits per heavy atom. The number of ether oxygens (including phenoxy) is 1. The summed E-state index contributed by atoms with van der Waals surface area (Å²) >= 11 is 13.0. The van der Waals surface area contributed by atoms with Crippen molar-refractivity contribution in [2.75, 3.05) is 18.2 Å². The summed E-state index contributed by atoms with van der Waals surface area (Å²) in [4.78, 5) is 28.5. The third-order valence-corrected chi connectivity index (χ3v) is 5.96. The molecule has 2 unspecified atom stereocenters. The number of anilines is 1. The molecule has 1 heterocycles. The number of halogens is 2. The van der Waals surface area contributed by atoms with Crippen LogP contribution in [-0.2, 0) is 9.59 Å². The summed E-state index contributed by atoms with van der Waals surface area (Å²) in [6.07, 6.45) is 0.141. The Bertz CT molecular complexity index is 1010. The standard InChI is InChI=1S/C21H17Cl2N3O3S/c1-29-16-4-2-12(3-5-16)17-9-19(27)26-21(18(17)10-24)30-11-20(28)25-15-7-13(22)6-14(23)8-15/h2-8,17-18H,9,11H2,1H3,(H,25,28). The normalized spacial score (nSPS) is 18.3. The lowest BCUT2D eigenvalue weighted by Gasteiger charge is -2.26. The SMILES string of the molecule is COc1ccc(C2CC(=O)N=C(SCC(=O)Nc3cc(Cl)cc(Cl)c3)C2C#N)cc1. The molecule has 0 saturated carbocycles. The number of carbonyl (C=O) groups excluding carboxylic acids is 2. The predicted octanol–water partition coefficient (Wildman–Crippen LogP) is 4.93. The van der Waals surface area contributed by atoms with E-state index in [0.717, 1.165) is 17.3 Å². The highest BCUT2D eigenvalue weighted by molar-refractivity contribution is 8.14. The van der Waals surface area contributed by atoms with Crippen molar-refractivity contribution in [1.29, 1.82) is 5.26 Å². The Morgan fingerprint density at radius 3 is 2.53 bits per heavy atom. The summed E-state index contributed by atoms with van der Waals surface area (Å²) in [5, 5.41) is 13.6. The van der Waals surface area contributed by atoms with Crippen LogP contribution in [0.15, 0.2) is 47.5 Å². The zero-order chi connectivity index (χ0) is 21.7. The van der Waals surface area contributed by atoms with Gasteiger partial charge in [-0.25, -0.2) is 4.99 Å². The number of methoxy groups -OCH3 is 1. The molecular weight excluding hydrogens is 445 g/mol. The fourth-order valence-corrected chi connectivity index (χ4v) is 4.55. The first kappa shape index (κ1) is 22.2. The number of hydrogen-bond donors (Lipinski definition) is 1. The fourth-order valence-electron chi connectivity index (χ4n) is 3.11. The van der Waals surface area contributed by atoms with Crippen LogP contribution in [0.5, 0.6) is 5.75 Å². The van der Waals surface area contributed by atoms with E-state index in [1.165, 1.54) is 0 Å². The molecule has 0 spiro atoms. The summed E-state index contributed by atoms with van der Waals surface area (Å²) in [6, 6.07) is 14.2. The topological polar surface area (TPSA) is 91.5 Å². The van der Waals surface area contributed by atoms with Crippen molar-refractivity contribution in [3.05, 3.63) is 58.1 Å². The second kappa shape index (κ2) is 9.98. The molecule has 0 aliphatic carbocycles. The maximum absolute atomic E-state index is 12.3. The molecule has 0 radical (unpaired) electrons. The molecule has 154 valence electrons. The van der Waals surface area contributed by atoms with Gasteiger partial charge in [-0.1, -0.05) is 47.1 Å². The van der Waals surface area contributed by atoms with Gasteiger partial charge >= 0.3 is 0 Å². The van der Waals surface area contributed by atoms with Gasteiger partial charge in [0.2, 0.25) is 11.8 Å². The van der Waals surface area contributed by atoms with Crippen LogP contribution in [0.1, 0.15) is 17.9 Å². The molecule has 6 nitrogen and oxygen atoms in total. The van der Waals surface area contributed by atoms with Crippen LogP contribution in [0.25, 0.3) is 0 Å². The second-order valence-electron chi connectivity index (χ2n) is 6.53. The minimum atomic E-state index is -0.616. The van der Waals surface area contributed by atoms with Gasteiger partial charge < -0.3 is 10.1 Å². The number of rotatable bonds is 5. The highest BCUT2D eigenvalue weighted by Gasteiger charge is 2.34. The number of amides is 2. The van der Waals surface area contributed by atoms with E-state index in [2.05, 4.69) is 16.4 Å². The minimum absolute atomic E-state index is 0.0102. The largest absolute Gasteiger partial charge is 0.497 e. The number of benzene rings is 2. The predicted molar refractivity (Wildman–Crippen MR) is 119 cm³/mol. The molecule has 1 aliphatic rings. The van der Waals surface area contributed by atoms with Crippen LogP contribution in [0.2, 0.25) is 10.0 Å². The third kappa shape index (κ3) is 5.54. The molecule has 30 heavy (non-hydrogen) atoms. The summed E-state index contributed by atoms with van der Waals surface area (Å²) < 4.78 is 5.16. The maximum atomic E-state index is 12.3. The van der Waals surface area contributed by atoms with Gasteiger partial charge in [0.15, 0.2) is 0 Å². The first-order valence-corrected chi connectivity index (χ1v) is 10.7. The number of nitriles is 1. The van der Waals surface area contributed by atoms with E-state index in [1.54, 1.807) is 37.4 Å². The van der Waals surface area contributed by atoms with Gasteiger partial charge in [0, 0.05) is 28.1 Å². The molecule has 1 N–H and O–H groups in total. The average Bonchev–Trinajstić information content (AvgIpc) is 2.71. The average molecular weight is 462 g/mol. The molecule has 2 aromatic carbocycles. The van der Waals surface area contributed by atoms with Gasteiger partial charge in [-0.3, -0.25) is 9.59 Å². The summed E-state index contributed by atoms with van der Waals surface area (Å²) in [5.41, 5.74) is 1.31. The van der Waals surface area contributed by atoms with E-state index in [0.29, 0.717) is 26.5 Å². The van der Waals surface area contributed by atoms with E-state index >= 15 is 0 Å². The van der Waals surface area contributed by atoms with Crippen LogP contribution in [0.4, 0.5) is 5.69 Å². The van der Waals surface area contributed by atoms with Crippen molar-refractivity contribution in [3.8, 4) is 11.8 Å². The fraction of sp³-hybridized carbons (Fsp3) is 0.238. The number of hydrogen-bond acceptors (Lipinski definition) is 5. The van der Waals surface area contributed by atoms with E-state index < -0.39 is 5.92 Å². The number of nitrogens with one attached hydrogen (secondary N) is 1. The second-order valence-corrected chi connectivity index (χ2v) is 8.40. The lowest BCUT2D eigenvalue weighted by Crippen LogP contribution is -2.28. The Morgan fingerprint density at radius 2 is 1.93 bits per heavy atom. The highest BCUT2D eigenvalue weighted by atomic mass is 35.5. The summed E-state index contributed by atoms with van der Waals surface area (Å²) in [6.45, 7) is 0. The number of carbonyl (C=O) groups is 2. The van der Waals surface area contributed by atoms with Crippen molar-refractivity contribution in [1.82, 2.24) is 0 Å². The van der Waals surface area contributed by atoms with Gasteiger partial charge in [-0.05, 0) is 35.9 Å². The molecule has 0 aromatic heterocycles. The van der Waals surface area contributed by atoms with E-state index in [4.69, 9.17) is 27.9 Å². The summed E-state index contributed by atoms with van der Waals surface area (Å²) in [5.74, 6) is -0.902. The number of aliphatic imine (C=N–C) groups is 1. The Labute approximate surface area is 188 Å². The van der Waals surface area contributed by atoms with Crippen LogP contribution in [-0.4, -0.2) is 29.7 Å². The van der Waals surface area contributed by atoms with Crippen molar-refractivity contribution < 1.29 is 14.3 Å². The number of nitrogens with zero attached hydrogens (tertiary/aromatic N) is 2. The molecule has 2 amide bonds. The van der Waals surface area contributed by atoms with Crippen molar-refractivity contribution in [3.63, 3.8) is 0 Å². The van der Waals surface area contributed by atoms with Gasteiger partial charge in [0.1, 0.15) is 11.7 Å². The van der Waals surface area contributed by atoms with Crippen LogP contribution in [0.3, 0.4) is 0 Å². The van der Waals surface area contributed by atoms with Crippen LogP contribution < -0.4 is 10.1 Å².